The third kappa shape index (κ3) is 6.50. The summed E-state index contributed by atoms with van der Waals surface area (Å²) < 4.78 is 40.8. The van der Waals surface area contributed by atoms with E-state index in [0.717, 1.165) is 22.8 Å². The Morgan fingerprint density at radius 3 is 2.30 bits per heavy atom. The van der Waals surface area contributed by atoms with Crippen LogP contribution in [0.4, 0.5) is 13.2 Å². The number of alkyl halides is 3. The quantitative estimate of drug-likeness (QED) is 0.412. The van der Waals surface area contributed by atoms with Gasteiger partial charge in [0, 0.05) is 31.1 Å². The molecule has 0 aliphatic carbocycles. The van der Waals surface area contributed by atoms with E-state index in [9.17, 15) is 22.8 Å². The second kappa shape index (κ2) is 12.0. The number of hydrogen-bond acceptors (Lipinski definition) is 3. The SMILES string of the molecule is O=C(NC(Cc1ccc(Cl)cc1)C(=O)N1CCC(c2ccccc2C(F)(F)F)CC1)C1Cc2ccccc2CN1. The largest absolute Gasteiger partial charge is 0.416 e. The van der Waals surface area contributed by atoms with Crippen LogP contribution in [0.2, 0.25) is 5.02 Å². The number of nitrogens with one attached hydrogen (secondary N) is 2. The summed E-state index contributed by atoms with van der Waals surface area (Å²) in [7, 11) is 0. The summed E-state index contributed by atoms with van der Waals surface area (Å²) in [4.78, 5) is 28.8. The van der Waals surface area contributed by atoms with Gasteiger partial charge in [0.05, 0.1) is 11.6 Å². The van der Waals surface area contributed by atoms with Gasteiger partial charge in [-0.3, -0.25) is 9.59 Å². The standard InChI is InChI=1S/C31H31ClF3N3O2/c32-24-11-9-20(10-12-24)17-28(37-29(39)27-18-22-5-1-2-6-23(22)19-36-27)30(40)38-15-13-21(14-16-38)25-7-3-4-8-26(25)31(33,34)35/h1-12,21,27-28,36H,13-19H2,(H,37,39). The molecule has 1 saturated heterocycles. The second-order valence-electron chi connectivity index (χ2n) is 10.5. The number of likely N-dealkylation sites (tertiary alicyclic amines) is 1. The first-order valence-corrected chi connectivity index (χ1v) is 13.9. The Bertz CT molecular complexity index is 1350. The molecule has 210 valence electrons. The predicted octanol–water partition coefficient (Wildman–Crippen LogP) is 5.51. The molecule has 5 nitrogen and oxygen atoms in total. The van der Waals surface area contributed by atoms with Crippen LogP contribution in [-0.4, -0.2) is 41.9 Å². The van der Waals surface area contributed by atoms with Crippen molar-refractivity contribution in [1.29, 1.82) is 0 Å². The van der Waals surface area contributed by atoms with E-state index < -0.39 is 23.8 Å². The van der Waals surface area contributed by atoms with Crippen molar-refractivity contribution in [1.82, 2.24) is 15.5 Å². The van der Waals surface area contributed by atoms with E-state index in [2.05, 4.69) is 10.6 Å². The van der Waals surface area contributed by atoms with Crippen molar-refractivity contribution in [2.75, 3.05) is 13.1 Å². The summed E-state index contributed by atoms with van der Waals surface area (Å²) in [6.45, 7) is 1.20. The van der Waals surface area contributed by atoms with Crippen LogP contribution in [0.5, 0.6) is 0 Å². The number of hydrogen-bond donors (Lipinski definition) is 2. The number of nitrogens with zero attached hydrogens (tertiary/aromatic N) is 1. The molecule has 40 heavy (non-hydrogen) atoms. The van der Waals surface area contributed by atoms with Gasteiger partial charge in [0.2, 0.25) is 11.8 Å². The highest BCUT2D eigenvalue weighted by atomic mass is 35.5. The number of benzene rings is 3. The Kier molecular flexibility index (Phi) is 8.47. The molecule has 0 bridgehead atoms. The first kappa shape index (κ1) is 28.2. The lowest BCUT2D eigenvalue weighted by Gasteiger charge is -2.36. The summed E-state index contributed by atoms with van der Waals surface area (Å²) in [6.07, 6.45) is -2.79. The van der Waals surface area contributed by atoms with Gasteiger partial charge < -0.3 is 15.5 Å². The van der Waals surface area contributed by atoms with Gasteiger partial charge in [0.25, 0.3) is 0 Å². The monoisotopic (exact) mass is 569 g/mol. The summed E-state index contributed by atoms with van der Waals surface area (Å²) >= 11 is 6.04. The van der Waals surface area contributed by atoms with Gasteiger partial charge in [0.15, 0.2) is 0 Å². The third-order valence-corrected chi connectivity index (χ3v) is 8.13. The zero-order chi connectivity index (χ0) is 28.3. The molecule has 0 spiro atoms. The number of rotatable bonds is 6. The van der Waals surface area contributed by atoms with Crippen molar-refractivity contribution in [3.05, 3.63) is 106 Å². The van der Waals surface area contributed by atoms with Gasteiger partial charge in [-0.25, -0.2) is 0 Å². The number of piperidine rings is 1. The smallest absolute Gasteiger partial charge is 0.343 e. The molecule has 2 atom stereocenters. The van der Waals surface area contributed by atoms with Crippen LogP contribution in [0.3, 0.4) is 0 Å². The van der Waals surface area contributed by atoms with Crippen LogP contribution in [-0.2, 0) is 35.2 Å². The Hall–Kier alpha value is -3.36. The summed E-state index contributed by atoms with van der Waals surface area (Å²) in [6, 6.07) is 19.5. The predicted molar refractivity (Wildman–Crippen MR) is 148 cm³/mol. The first-order chi connectivity index (χ1) is 19.2. The summed E-state index contributed by atoms with van der Waals surface area (Å²) in [5.41, 5.74) is 2.75. The lowest BCUT2D eigenvalue weighted by molar-refractivity contribution is -0.139. The van der Waals surface area contributed by atoms with E-state index in [4.69, 9.17) is 11.6 Å². The number of fused-ring (bicyclic) bond motifs is 1. The molecular formula is C31H31ClF3N3O2. The van der Waals surface area contributed by atoms with Crippen molar-refractivity contribution < 1.29 is 22.8 Å². The molecule has 2 aliphatic rings. The van der Waals surface area contributed by atoms with E-state index >= 15 is 0 Å². The molecule has 5 rings (SSSR count). The molecule has 0 saturated carbocycles. The maximum Gasteiger partial charge on any atom is 0.416 e. The molecule has 2 aliphatic heterocycles. The van der Waals surface area contributed by atoms with Gasteiger partial charge >= 0.3 is 6.18 Å². The van der Waals surface area contributed by atoms with Crippen molar-refractivity contribution in [3.8, 4) is 0 Å². The normalized spacial score (nSPS) is 18.6. The minimum atomic E-state index is -4.43. The van der Waals surface area contributed by atoms with Gasteiger partial charge in [-0.05, 0) is 65.6 Å². The molecule has 9 heteroatoms. The van der Waals surface area contributed by atoms with E-state index in [1.54, 1.807) is 23.1 Å². The van der Waals surface area contributed by atoms with Crippen LogP contribution < -0.4 is 10.6 Å². The molecule has 0 aromatic heterocycles. The molecule has 0 radical (unpaired) electrons. The Morgan fingerprint density at radius 2 is 1.60 bits per heavy atom. The highest BCUT2D eigenvalue weighted by Gasteiger charge is 2.37. The number of carbonyl (C=O) groups excluding carboxylic acids is 2. The lowest BCUT2D eigenvalue weighted by atomic mass is 9.86. The first-order valence-electron chi connectivity index (χ1n) is 13.5. The van der Waals surface area contributed by atoms with Crippen LogP contribution in [0, 0.1) is 0 Å². The van der Waals surface area contributed by atoms with Gasteiger partial charge in [-0.15, -0.1) is 0 Å². The number of amides is 2. The Morgan fingerprint density at radius 1 is 0.950 bits per heavy atom. The summed E-state index contributed by atoms with van der Waals surface area (Å²) in [5, 5.41) is 6.81. The van der Waals surface area contributed by atoms with Crippen LogP contribution in [0.25, 0.3) is 0 Å². The van der Waals surface area contributed by atoms with Crippen LogP contribution in [0.15, 0.2) is 72.8 Å². The zero-order valence-electron chi connectivity index (χ0n) is 21.9. The minimum Gasteiger partial charge on any atom is -0.343 e. The molecule has 2 amide bonds. The Labute approximate surface area is 236 Å². The average molecular weight is 570 g/mol. The lowest BCUT2D eigenvalue weighted by Crippen LogP contribution is -2.56. The highest BCUT2D eigenvalue weighted by molar-refractivity contribution is 6.30. The van der Waals surface area contributed by atoms with Crippen LogP contribution >= 0.6 is 11.6 Å². The minimum absolute atomic E-state index is 0.234. The average Bonchev–Trinajstić information content (AvgIpc) is 2.97. The van der Waals surface area contributed by atoms with Gasteiger partial charge in [0.1, 0.15) is 6.04 Å². The fourth-order valence-corrected chi connectivity index (χ4v) is 5.84. The third-order valence-electron chi connectivity index (χ3n) is 7.88. The molecule has 1 fully saturated rings. The summed E-state index contributed by atoms with van der Waals surface area (Å²) in [5.74, 6) is -0.782. The molecule has 2 N–H and O–H groups in total. The molecule has 3 aromatic carbocycles. The zero-order valence-corrected chi connectivity index (χ0v) is 22.6. The van der Waals surface area contributed by atoms with E-state index in [1.165, 1.54) is 12.1 Å². The maximum atomic E-state index is 13.7. The fourth-order valence-electron chi connectivity index (χ4n) is 5.71. The van der Waals surface area contributed by atoms with Crippen molar-refractivity contribution in [2.45, 2.75) is 56.4 Å². The topological polar surface area (TPSA) is 61.4 Å². The van der Waals surface area contributed by atoms with E-state index in [-0.39, 0.29) is 29.7 Å². The number of carbonyl (C=O) groups is 2. The number of halogens is 4. The van der Waals surface area contributed by atoms with Gasteiger partial charge in [-0.1, -0.05) is 66.2 Å². The maximum absolute atomic E-state index is 13.7. The van der Waals surface area contributed by atoms with Crippen molar-refractivity contribution in [2.24, 2.45) is 0 Å². The molecule has 3 aromatic rings. The molecule has 2 heterocycles. The fraction of sp³-hybridized carbons (Fsp3) is 0.355. The van der Waals surface area contributed by atoms with Crippen LogP contribution in [0.1, 0.15) is 46.6 Å². The van der Waals surface area contributed by atoms with E-state index in [0.29, 0.717) is 43.9 Å². The Balaban J connectivity index is 1.29. The van der Waals surface area contributed by atoms with Gasteiger partial charge in [-0.2, -0.15) is 13.2 Å². The second-order valence-corrected chi connectivity index (χ2v) is 10.9. The molecule has 2 unspecified atom stereocenters. The highest BCUT2D eigenvalue weighted by Crippen LogP contribution is 2.38. The van der Waals surface area contributed by atoms with Crippen molar-refractivity contribution in [3.63, 3.8) is 0 Å². The van der Waals surface area contributed by atoms with E-state index in [1.807, 2.05) is 36.4 Å². The molecular weight excluding hydrogens is 539 g/mol. The van der Waals surface area contributed by atoms with Crippen molar-refractivity contribution >= 4 is 23.4 Å².